The molecule has 0 unspecified atom stereocenters. The lowest BCUT2D eigenvalue weighted by molar-refractivity contribution is 0.527. The second-order valence-electron chi connectivity index (χ2n) is 6.69. The lowest BCUT2D eigenvalue weighted by atomic mass is 10.0. The maximum absolute atomic E-state index is 11.3. The molecule has 0 aliphatic heterocycles. The van der Waals surface area contributed by atoms with Crippen molar-refractivity contribution in [2.24, 2.45) is 7.05 Å². The number of H-pyrrole nitrogens is 1. The summed E-state index contributed by atoms with van der Waals surface area (Å²) in [6.07, 6.45) is 8.86. The minimum absolute atomic E-state index is 0.184. The summed E-state index contributed by atoms with van der Waals surface area (Å²) in [5.74, 6) is -0.428. The lowest BCUT2D eigenvalue weighted by Crippen LogP contribution is -1.93. The first kappa shape index (κ1) is 18.1. The van der Waals surface area contributed by atoms with Gasteiger partial charge >= 0.3 is 5.76 Å². The van der Waals surface area contributed by atoms with Crippen molar-refractivity contribution in [3.63, 3.8) is 0 Å². The third kappa shape index (κ3) is 3.33. The third-order valence-electron chi connectivity index (χ3n) is 4.51. The van der Waals surface area contributed by atoms with E-state index in [0.717, 1.165) is 38.6 Å². The highest BCUT2D eigenvalue weighted by atomic mass is 32.1. The van der Waals surface area contributed by atoms with Gasteiger partial charge in [-0.05, 0) is 19.1 Å². The number of rotatable bonds is 4. The van der Waals surface area contributed by atoms with Crippen LogP contribution in [0.3, 0.4) is 0 Å². The van der Waals surface area contributed by atoms with Crippen LogP contribution in [-0.2, 0) is 7.05 Å². The van der Waals surface area contributed by atoms with E-state index in [9.17, 15) is 4.79 Å². The Kier molecular flexibility index (Phi) is 4.32. The fourth-order valence-corrected chi connectivity index (χ4v) is 3.97. The minimum atomic E-state index is -0.612. The molecule has 0 saturated carbocycles. The molecule has 0 spiro atoms. The monoisotopic (exact) mass is 417 g/mol. The first-order valence-electron chi connectivity index (χ1n) is 9.00. The number of hydrogen-bond acceptors (Lipinski definition) is 8. The molecule has 0 amide bonds. The third-order valence-corrected chi connectivity index (χ3v) is 5.39. The predicted molar refractivity (Wildman–Crippen MR) is 112 cm³/mol. The molecule has 0 aliphatic carbocycles. The smallest absolute Gasteiger partial charge is 0.388 e. The second-order valence-corrected chi connectivity index (χ2v) is 7.55. The van der Waals surface area contributed by atoms with Crippen molar-refractivity contribution < 1.29 is 4.42 Å². The molecule has 10 heteroatoms. The maximum Gasteiger partial charge on any atom is 0.434 e. The number of nitrogens with zero attached hydrogens (tertiary/aromatic N) is 6. The van der Waals surface area contributed by atoms with Gasteiger partial charge in [0.15, 0.2) is 0 Å². The largest absolute Gasteiger partial charge is 0.434 e. The number of thiazole rings is 1. The van der Waals surface area contributed by atoms with E-state index in [2.05, 4.69) is 25.3 Å². The first-order chi connectivity index (χ1) is 14.6. The number of nitrogens with one attached hydrogen (secondary N) is 1. The summed E-state index contributed by atoms with van der Waals surface area (Å²) in [5, 5.41) is 13.2. The summed E-state index contributed by atoms with van der Waals surface area (Å²) in [5.41, 5.74) is 5.95. The Morgan fingerprint density at radius 2 is 1.93 bits per heavy atom. The van der Waals surface area contributed by atoms with Crippen LogP contribution in [0.1, 0.15) is 5.69 Å². The number of aryl methyl sites for hydroxylation is 2. The van der Waals surface area contributed by atoms with Crippen LogP contribution in [0.2, 0.25) is 0 Å². The van der Waals surface area contributed by atoms with Gasteiger partial charge in [0.1, 0.15) is 5.01 Å². The first-order valence-corrected chi connectivity index (χ1v) is 9.87. The second kappa shape index (κ2) is 7.16. The fourth-order valence-electron chi connectivity index (χ4n) is 3.11. The van der Waals surface area contributed by atoms with Gasteiger partial charge in [-0.3, -0.25) is 14.6 Å². The van der Waals surface area contributed by atoms with Crippen molar-refractivity contribution in [3.8, 4) is 44.4 Å². The minimum Gasteiger partial charge on any atom is -0.388 e. The SMILES string of the molecule is Cc1cc(-c2nc(-c3cnn(C)c3)cs2)c(-c2cncc(-c3n[nH]c(=O)o3)c2)cn1. The number of aromatic amines is 1. The zero-order chi connectivity index (χ0) is 20.7. The molecule has 0 radical (unpaired) electrons. The quantitative estimate of drug-likeness (QED) is 0.477. The van der Waals surface area contributed by atoms with E-state index >= 15 is 0 Å². The molecular weight excluding hydrogens is 402 g/mol. The molecule has 0 fully saturated rings. The van der Waals surface area contributed by atoms with Gasteiger partial charge in [0.25, 0.3) is 5.89 Å². The van der Waals surface area contributed by atoms with Crippen molar-refractivity contribution in [2.75, 3.05) is 0 Å². The molecule has 9 nitrogen and oxygen atoms in total. The molecule has 0 bridgehead atoms. The van der Waals surface area contributed by atoms with Gasteiger partial charge in [-0.25, -0.2) is 14.9 Å². The maximum atomic E-state index is 11.3. The molecule has 148 valence electrons. The summed E-state index contributed by atoms with van der Waals surface area (Å²) in [6.45, 7) is 1.94. The van der Waals surface area contributed by atoms with E-state index in [1.165, 1.54) is 0 Å². The Labute approximate surface area is 174 Å². The highest BCUT2D eigenvalue weighted by molar-refractivity contribution is 7.13. The van der Waals surface area contributed by atoms with Crippen LogP contribution in [0.25, 0.3) is 44.4 Å². The van der Waals surface area contributed by atoms with Crippen molar-refractivity contribution in [3.05, 3.63) is 64.7 Å². The van der Waals surface area contributed by atoms with Gasteiger partial charge in [-0.15, -0.1) is 16.4 Å². The van der Waals surface area contributed by atoms with Crippen LogP contribution in [-0.4, -0.2) is 34.9 Å². The van der Waals surface area contributed by atoms with Gasteiger partial charge in [-0.1, -0.05) is 0 Å². The summed E-state index contributed by atoms with van der Waals surface area (Å²) in [4.78, 5) is 24.8. The van der Waals surface area contributed by atoms with Crippen LogP contribution in [0.4, 0.5) is 0 Å². The summed E-state index contributed by atoms with van der Waals surface area (Å²) in [7, 11) is 1.88. The highest BCUT2D eigenvalue weighted by Crippen LogP contribution is 2.36. The van der Waals surface area contributed by atoms with Crippen molar-refractivity contribution in [1.82, 2.24) is 34.9 Å². The van der Waals surface area contributed by atoms with Crippen LogP contribution in [0.5, 0.6) is 0 Å². The molecule has 1 N–H and O–H groups in total. The molecule has 5 aromatic rings. The normalized spacial score (nSPS) is 11.1. The van der Waals surface area contributed by atoms with Gasteiger partial charge in [0.2, 0.25) is 0 Å². The van der Waals surface area contributed by atoms with Gasteiger partial charge in [0, 0.05) is 65.2 Å². The highest BCUT2D eigenvalue weighted by Gasteiger charge is 2.16. The summed E-state index contributed by atoms with van der Waals surface area (Å²) in [6, 6.07) is 3.86. The van der Waals surface area contributed by atoms with Crippen LogP contribution in [0, 0.1) is 6.92 Å². The summed E-state index contributed by atoms with van der Waals surface area (Å²) < 4.78 is 6.80. The van der Waals surface area contributed by atoms with E-state index in [1.807, 2.05) is 37.7 Å². The Bertz CT molecular complexity index is 1410. The Morgan fingerprint density at radius 1 is 1.07 bits per heavy atom. The molecular formula is C20H15N7O2S. The average Bonchev–Trinajstić information content (AvgIpc) is 3.49. The fraction of sp³-hybridized carbons (Fsp3) is 0.100. The predicted octanol–water partition coefficient (Wildman–Crippen LogP) is 3.32. The number of aromatic nitrogens is 7. The van der Waals surface area contributed by atoms with E-state index in [1.54, 1.807) is 40.8 Å². The zero-order valence-corrected chi connectivity index (χ0v) is 16.8. The molecule has 0 atom stereocenters. The van der Waals surface area contributed by atoms with E-state index in [4.69, 9.17) is 9.40 Å². The Balaban J connectivity index is 1.60. The lowest BCUT2D eigenvalue weighted by Gasteiger charge is -2.09. The van der Waals surface area contributed by atoms with Crippen LogP contribution < -0.4 is 5.76 Å². The molecule has 0 saturated heterocycles. The standard InChI is InChI=1S/C20H15N7O2S/c1-11-3-15(19-24-17(10-30-19)14-7-23-27(2)9-14)16(8-22-11)12-4-13(6-21-5-12)18-25-26-20(28)29-18/h3-10H,1-2H3,(H,26,28). The van der Waals surface area contributed by atoms with E-state index < -0.39 is 5.76 Å². The molecule has 0 aromatic carbocycles. The molecule has 5 aromatic heterocycles. The Hall–Kier alpha value is -3.92. The van der Waals surface area contributed by atoms with Crippen LogP contribution >= 0.6 is 11.3 Å². The Morgan fingerprint density at radius 3 is 2.70 bits per heavy atom. The van der Waals surface area contributed by atoms with Crippen LogP contribution in [0.15, 0.2) is 57.7 Å². The van der Waals surface area contributed by atoms with Gasteiger partial charge in [0.05, 0.1) is 17.5 Å². The van der Waals surface area contributed by atoms with Gasteiger partial charge < -0.3 is 4.42 Å². The molecule has 5 rings (SSSR count). The number of pyridine rings is 2. The molecule has 5 heterocycles. The van der Waals surface area contributed by atoms with Crippen molar-refractivity contribution >= 4 is 11.3 Å². The topological polar surface area (TPSA) is 115 Å². The van der Waals surface area contributed by atoms with E-state index in [-0.39, 0.29) is 5.89 Å². The summed E-state index contributed by atoms with van der Waals surface area (Å²) >= 11 is 1.55. The molecule has 30 heavy (non-hydrogen) atoms. The van der Waals surface area contributed by atoms with Gasteiger partial charge in [-0.2, -0.15) is 5.10 Å². The average molecular weight is 417 g/mol. The number of hydrogen-bond donors (Lipinski definition) is 1. The van der Waals surface area contributed by atoms with Crippen molar-refractivity contribution in [1.29, 1.82) is 0 Å². The molecule has 0 aliphatic rings. The zero-order valence-electron chi connectivity index (χ0n) is 16.0. The van der Waals surface area contributed by atoms with Crippen molar-refractivity contribution in [2.45, 2.75) is 6.92 Å². The van der Waals surface area contributed by atoms with E-state index in [0.29, 0.717) is 5.56 Å².